The normalized spacial score (nSPS) is 10.5. The van der Waals surface area contributed by atoms with Gasteiger partial charge in [0.2, 0.25) is 0 Å². The summed E-state index contributed by atoms with van der Waals surface area (Å²) in [6.07, 6.45) is 6.26. The summed E-state index contributed by atoms with van der Waals surface area (Å²) in [5, 5.41) is 0. The minimum atomic E-state index is -0.335. The number of hydrogen-bond acceptors (Lipinski definition) is 5. The minimum Gasteiger partial charge on any atom is -0.483 e. The summed E-state index contributed by atoms with van der Waals surface area (Å²) in [6.45, 7) is 5.50. The number of methoxy groups -OCH3 is 1. The molecule has 0 bridgehead atoms. The number of imidazole rings is 1. The van der Waals surface area contributed by atoms with E-state index in [4.69, 9.17) is 4.74 Å². The highest BCUT2D eigenvalue weighted by Gasteiger charge is 2.16. The van der Waals surface area contributed by atoms with Gasteiger partial charge in [-0.25, -0.2) is 4.98 Å². The maximum atomic E-state index is 12.6. The van der Waals surface area contributed by atoms with E-state index < -0.39 is 0 Å². The van der Waals surface area contributed by atoms with Gasteiger partial charge in [0.15, 0.2) is 6.61 Å². The summed E-state index contributed by atoms with van der Waals surface area (Å²) in [5.41, 5.74) is 2.13. The number of ether oxygens (including phenoxy) is 2. The van der Waals surface area contributed by atoms with Crippen molar-refractivity contribution in [3.63, 3.8) is 0 Å². The van der Waals surface area contributed by atoms with Crippen molar-refractivity contribution in [3.8, 4) is 5.75 Å². The van der Waals surface area contributed by atoms with Crippen molar-refractivity contribution in [1.29, 1.82) is 0 Å². The molecule has 0 aliphatic heterocycles. The third-order valence-electron chi connectivity index (χ3n) is 4.48. The van der Waals surface area contributed by atoms with Crippen LogP contribution in [0.5, 0.6) is 5.75 Å². The summed E-state index contributed by atoms with van der Waals surface area (Å²) in [4.78, 5) is 29.7. The zero-order valence-corrected chi connectivity index (χ0v) is 16.2. The van der Waals surface area contributed by atoms with Crippen LogP contribution >= 0.6 is 0 Å². The molecule has 0 radical (unpaired) electrons. The number of benzene rings is 1. The molecule has 7 heteroatoms. The molecule has 1 amide bonds. The number of carbonyl (C=O) groups excluding carboxylic acids is 2. The number of hydrogen-bond donors (Lipinski definition) is 0. The first-order valence-corrected chi connectivity index (χ1v) is 9.00. The fourth-order valence-corrected chi connectivity index (χ4v) is 2.66. The molecule has 146 valence electrons. The quantitative estimate of drug-likeness (QED) is 0.598. The van der Waals surface area contributed by atoms with Crippen LogP contribution in [0.25, 0.3) is 0 Å². The van der Waals surface area contributed by atoms with Crippen LogP contribution in [-0.4, -0.2) is 53.1 Å². The maximum Gasteiger partial charge on any atom is 0.307 e. The van der Waals surface area contributed by atoms with Gasteiger partial charge in [0.25, 0.3) is 5.91 Å². The van der Waals surface area contributed by atoms with E-state index in [1.165, 1.54) is 7.11 Å². The monoisotopic (exact) mass is 373 g/mol. The molecule has 0 spiro atoms. The average molecular weight is 373 g/mol. The first kappa shape index (κ1) is 20.5. The number of amides is 1. The second kappa shape index (κ2) is 10.4. The van der Waals surface area contributed by atoms with Gasteiger partial charge in [0, 0.05) is 32.0 Å². The summed E-state index contributed by atoms with van der Waals surface area (Å²) >= 11 is 0. The Morgan fingerprint density at radius 3 is 2.74 bits per heavy atom. The van der Waals surface area contributed by atoms with E-state index in [1.54, 1.807) is 17.4 Å². The molecule has 2 aromatic rings. The Hall–Kier alpha value is -2.83. The van der Waals surface area contributed by atoms with Crippen LogP contribution < -0.4 is 4.74 Å². The second-order valence-electron chi connectivity index (χ2n) is 6.35. The topological polar surface area (TPSA) is 73.7 Å². The zero-order valence-electron chi connectivity index (χ0n) is 16.2. The lowest BCUT2D eigenvalue weighted by Gasteiger charge is -2.23. The minimum absolute atomic E-state index is 0.0590. The van der Waals surface area contributed by atoms with Crippen molar-refractivity contribution in [2.45, 2.75) is 33.2 Å². The SMILES string of the molecule is COC(=O)CCN(CCCn1ccnc1)C(=O)COc1cccc(C)c1C. The molecule has 1 heterocycles. The standard InChI is InChI=1S/C20H27N3O4/c1-16-6-4-7-18(17(16)2)27-14-19(24)23(12-8-20(25)26-3)11-5-10-22-13-9-21-15-22/h4,6-7,9,13,15H,5,8,10-12,14H2,1-3H3. The summed E-state index contributed by atoms with van der Waals surface area (Å²) in [7, 11) is 1.34. The third kappa shape index (κ3) is 6.44. The molecule has 7 nitrogen and oxygen atoms in total. The van der Waals surface area contributed by atoms with Crippen LogP contribution in [-0.2, 0) is 20.9 Å². The Morgan fingerprint density at radius 2 is 2.04 bits per heavy atom. The Bertz CT molecular complexity index is 744. The Morgan fingerprint density at radius 1 is 1.22 bits per heavy atom. The van der Waals surface area contributed by atoms with E-state index in [2.05, 4.69) is 9.72 Å². The Balaban J connectivity index is 1.91. The molecule has 1 aromatic heterocycles. The Kier molecular flexibility index (Phi) is 7.85. The van der Waals surface area contributed by atoms with Crippen LogP contribution in [0.2, 0.25) is 0 Å². The van der Waals surface area contributed by atoms with Crippen LogP contribution in [0, 0.1) is 13.8 Å². The smallest absolute Gasteiger partial charge is 0.307 e. The van der Waals surface area contributed by atoms with Crippen molar-refractivity contribution in [3.05, 3.63) is 48.0 Å². The summed E-state index contributed by atoms with van der Waals surface area (Å²) in [5.74, 6) is 0.220. The number of esters is 1. The lowest BCUT2D eigenvalue weighted by molar-refractivity contribution is -0.142. The molecular weight excluding hydrogens is 346 g/mol. The molecule has 0 saturated heterocycles. The molecule has 0 fully saturated rings. The number of aryl methyl sites for hydroxylation is 2. The van der Waals surface area contributed by atoms with E-state index in [9.17, 15) is 9.59 Å². The van der Waals surface area contributed by atoms with Gasteiger partial charge < -0.3 is 18.9 Å². The van der Waals surface area contributed by atoms with Crippen LogP contribution in [0.1, 0.15) is 24.0 Å². The molecule has 0 N–H and O–H groups in total. The van der Waals surface area contributed by atoms with Gasteiger partial charge in [0.1, 0.15) is 5.75 Å². The van der Waals surface area contributed by atoms with Crippen molar-refractivity contribution in [2.24, 2.45) is 0 Å². The van der Waals surface area contributed by atoms with Gasteiger partial charge in [-0.3, -0.25) is 9.59 Å². The van der Waals surface area contributed by atoms with E-state index in [-0.39, 0.29) is 24.9 Å². The molecule has 0 atom stereocenters. The summed E-state index contributed by atoms with van der Waals surface area (Å²) < 4.78 is 12.4. The lowest BCUT2D eigenvalue weighted by atomic mass is 10.1. The highest BCUT2D eigenvalue weighted by atomic mass is 16.5. The van der Waals surface area contributed by atoms with Gasteiger partial charge in [-0.1, -0.05) is 12.1 Å². The molecule has 0 aliphatic rings. The van der Waals surface area contributed by atoms with Crippen LogP contribution in [0.4, 0.5) is 0 Å². The zero-order chi connectivity index (χ0) is 19.6. The number of carbonyl (C=O) groups is 2. The Labute approximate surface area is 159 Å². The molecule has 0 aliphatic carbocycles. The van der Waals surface area contributed by atoms with E-state index in [0.717, 1.165) is 24.1 Å². The predicted octanol–water partition coefficient (Wildman–Crippen LogP) is 2.36. The van der Waals surface area contributed by atoms with Crippen molar-refractivity contribution in [2.75, 3.05) is 26.8 Å². The highest BCUT2D eigenvalue weighted by molar-refractivity contribution is 5.78. The number of rotatable bonds is 10. The molecular formula is C20H27N3O4. The van der Waals surface area contributed by atoms with Crippen molar-refractivity contribution in [1.82, 2.24) is 14.5 Å². The molecule has 0 unspecified atom stereocenters. The van der Waals surface area contributed by atoms with Gasteiger partial charge in [-0.2, -0.15) is 0 Å². The number of nitrogens with zero attached hydrogens (tertiary/aromatic N) is 3. The van der Waals surface area contributed by atoms with Crippen molar-refractivity contribution >= 4 is 11.9 Å². The van der Waals surface area contributed by atoms with Gasteiger partial charge in [0.05, 0.1) is 19.9 Å². The maximum absolute atomic E-state index is 12.6. The van der Waals surface area contributed by atoms with Gasteiger partial charge in [-0.15, -0.1) is 0 Å². The van der Waals surface area contributed by atoms with E-state index in [0.29, 0.717) is 18.8 Å². The fraction of sp³-hybridized carbons (Fsp3) is 0.450. The van der Waals surface area contributed by atoms with Gasteiger partial charge in [-0.05, 0) is 37.5 Å². The number of aromatic nitrogens is 2. The first-order chi connectivity index (χ1) is 13.0. The van der Waals surface area contributed by atoms with Crippen LogP contribution in [0.3, 0.4) is 0 Å². The molecule has 2 rings (SSSR count). The van der Waals surface area contributed by atoms with Crippen molar-refractivity contribution < 1.29 is 19.1 Å². The molecule has 27 heavy (non-hydrogen) atoms. The fourth-order valence-electron chi connectivity index (χ4n) is 2.66. The molecule has 0 saturated carbocycles. The average Bonchev–Trinajstić information content (AvgIpc) is 3.18. The van der Waals surface area contributed by atoms with Gasteiger partial charge >= 0.3 is 5.97 Å². The highest BCUT2D eigenvalue weighted by Crippen LogP contribution is 2.20. The lowest BCUT2D eigenvalue weighted by Crippen LogP contribution is -2.37. The second-order valence-corrected chi connectivity index (χ2v) is 6.35. The molecule has 1 aromatic carbocycles. The third-order valence-corrected chi connectivity index (χ3v) is 4.48. The summed E-state index contributed by atoms with van der Waals surface area (Å²) in [6, 6.07) is 5.76. The first-order valence-electron chi connectivity index (χ1n) is 9.00. The van der Waals surface area contributed by atoms with E-state index >= 15 is 0 Å². The predicted molar refractivity (Wildman–Crippen MR) is 101 cm³/mol. The largest absolute Gasteiger partial charge is 0.483 e. The van der Waals surface area contributed by atoms with E-state index in [1.807, 2.05) is 42.8 Å². The van der Waals surface area contributed by atoms with Crippen LogP contribution in [0.15, 0.2) is 36.9 Å².